The van der Waals surface area contributed by atoms with E-state index in [-0.39, 0.29) is 5.91 Å². The second-order valence-electron chi connectivity index (χ2n) is 4.21. The number of hydrogen-bond acceptors (Lipinski definition) is 5. The molecular weight excluding hydrogens is 254 g/mol. The van der Waals surface area contributed by atoms with Gasteiger partial charge in [0.05, 0.1) is 23.5 Å². The molecule has 20 heavy (non-hydrogen) atoms. The molecule has 104 valence electrons. The van der Waals surface area contributed by atoms with Crippen molar-refractivity contribution in [1.82, 2.24) is 15.3 Å². The summed E-state index contributed by atoms with van der Waals surface area (Å²) in [6.07, 6.45) is 5.64. The molecule has 2 aromatic rings. The van der Waals surface area contributed by atoms with Gasteiger partial charge in [0.2, 0.25) is 0 Å². The number of nitrogens with two attached hydrogens (primary N) is 1. The zero-order valence-corrected chi connectivity index (χ0v) is 11.3. The molecule has 2 heterocycles. The Morgan fingerprint density at radius 3 is 2.95 bits per heavy atom. The van der Waals surface area contributed by atoms with Gasteiger partial charge in [0, 0.05) is 18.6 Å². The Morgan fingerprint density at radius 1 is 1.35 bits per heavy atom. The summed E-state index contributed by atoms with van der Waals surface area (Å²) in [5.41, 5.74) is 5.41. The molecule has 6 nitrogen and oxygen atoms in total. The molecule has 1 amide bonds. The van der Waals surface area contributed by atoms with Crippen molar-refractivity contribution < 1.29 is 4.79 Å². The molecule has 0 unspecified atom stereocenters. The van der Waals surface area contributed by atoms with Crippen LogP contribution >= 0.6 is 0 Å². The molecule has 4 N–H and O–H groups in total. The molecule has 0 spiro atoms. The zero-order chi connectivity index (χ0) is 14.4. The molecule has 0 atom stereocenters. The van der Waals surface area contributed by atoms with Gasteiger partial charge in [-0.05, 0) is 24.1 Å². The Morgan fingerprint density at radius 2 is 2.20 bits per heavy atom. The number of nitrogens with zero attached hydrogens (tertiary/aromatic N) is 2. The van der Waals surface area contributed by atoms with Gasteiger partial charge < -0.3 is 10.7 Å². The molecule has 0 radical (unpaired) electrons. The van der Waals surface area contributed by atoms with E-state index >= 15 is 0 Å². The lowest BCUT2D eigenvalue weighted by atomic mass is 10.1. The van der Waals surface area contributed by atoms with E-state index in [2.05, 4.69) is 27.6 Å². The van der Waals surface area contributed by atoms with Crippen LogP contribution in [-0.4, -0.2) is 15.9 Å². The Balaban J connectivity index is 2.09. The number of rotatable bonds is 5. The number of hydrogen-bond donors (Lipinski definition) is 3. The Labute approximate surface area is 117 Å². The van der Waals surface area contributed by atoms with Crippen molar-refractivity contribution in [3.63, 3.8) is 0 Å². The predicted octanol–water partition coefficient (Wildman–Crippen LogP) is 1.25. The van der Waals surface area contributed by atoms with Gasteiger partial charge in [-0.1, -0.05) is 13.0 Å². The van der Waals surface area contributed by atoms with Gasteiger partial charge in [-0.3, -0.25) is 20.6 Å². The number of pyridine rings is 2. The van der Waals surface area contributed by atoms with Gasteiger partial charge in [0.25, 0.3) is 5.91 Å². The predicted molar refractivity (Wildman–Crippen MR) is 76.8 cm³/mol. The number of nitrogens with one attached hydrogen (secondary N) is 2. The first-order chi connectivity index (χ1) is 9.76. The summed E-state index contributed by atoms with van der Waals surface area (Å²) < 4.78 is 0. The average molecular weight is 271 g/mol. The van der Waals surface area contributed by atoms with Crippen molar-refractivity contribution in [3.05, 3.63) is 53.6 Å². The minimum Gasteiger partial charge on any atom is -0.346 e. The Bertz CT molecular complexity index is 600. The molecular formula is C14H17N5O. The summed E-state index contributed by atoms with van der Waals surface area (Å²) >= 11 is 0. The van der Waals surface area contributed by atoms with Crippen LogP contribution in [0.1, 0.15) is 28.5 Å². The standard InChI is InChI=1S/C14H17N5O/c1-2-10-4-3-6-17-13(10)9-18-14(20)11-8-16-7-5-12(11)19-15/h3-8H,2,9,15H2,1H3,(H,16,19)(H,18,20). The van der Waals surface area contributed by atoms with Crippen molar-refractivity contribution in [2.75, 3.05) is 5.43 Å². The van der Waals surface area contributed by atoms with Crippen molar-refractivity contribution >= 4 is 11.6 Å². The van der Waals surface area contributed by atoms with Crippen molar-refractivity contribution in [3.8, 4) is 0 Å². The third-order valence-electron chi connectivity index (χ3n) is 3.00. The van der Waals surface area contributed by atoms with Crippen LogP contribution in [0.4, 0.5) is 5.69 Å². The topological polar surface area (TPSA) is 92.9 Å². The van der Waals surface area contributed by atoms with Gasteiger partial charge in [0.1, 0.15) is 0 Å². The maximum Gasteiger partial charge on any atom is 0.255 e. The average Bonchev–Trinajstić information content (AvgIpc) is 2.52. The van der Waals surface area contributed by atoms with Gasteiger partial charge in [-0.2, -0.15) is 0 Å². The largest absolute Gasteiger partial charge is 0.346 e. The highest BCUT2D eigenvalue weighted by Gasteiger charge is 2.11. The van der Waals surface area contributed by atoms with E-state index < -0.39 is 0 Å². The van der Waals surface area contributed by atoms with E-state index in [9.17, 15) is 4.79 Å². The fourth-order valence-corrected chi connectivity index (χ4v) is 1.91. The molecule has 0 bridgehead atoms. The first-order valence-corrected chi connectivity index (χ1v) is 6.37. The van der Waals surface area contributed by atoms with E-state index in [1.165, 1.54) is 6.20 Å². The minimum absolute atomic E-state index is 0.237. The lowest BCUT2D eigenvalue weighted by molar-refractivity contribution is 0.0951. The lowest BCUT2D eigenvalue weighted by Crippen LogP contribution is -2.25. The summed E-state index contributed by atoms with van der Waals surface area (Å²) in [6.45, 7) is 2.43. The monoisotopic (exact) mass is 271 g/mol. The number of amides is 1. The van der Waals surface area contributed by atoms with Crippen molar-refractivity contribution in [2.24, 2.45) is 5.84 Å². The summed E-state index contributed by atoms with van der Waals surface area (Å²) in [6, 6.07) is 5.54. The quantitative estimate of drug-likeness (QED) is 0.562. The Hall–Kier alpha value is -2.47. The van der Waals surface area contributed by atoms with Crippen LogP contribution in [0.2, 0.25) is 0 Å². The number of carbonyl (C=O) groups excluding carboxylic acids is 1. The van der Waals surface area contributed by atoms with Crippen LogP contribution in [0.15, 0.2) is 36.8 Å². The molecule has 0 aliphatic carbocycles. The molecule has 0 aliphatic rings. The van der Waals surface area contributed by atoms with Crippen LogP contribution < -0.4 is 16.6 Å². The van der Waals surface area contributed by atoms with Crippen LogP contribution in [-0.2, 0) is 13.0 Å². The van der Waals surface area contributed by atoms with Gasteiger partial charge >= 0.3 is 0 Å². The highest BCUT2D eigenvalue weighted by molar-refractivity contribution is 5.99. The highest BCUT2D eigenvalue weighted by Crippen LogP contribution is 2.12. The maximum absolute atomic E-state index is 12.1. The Kier molecular flexibility index (Phi) is 4.62. The van der Waals surface area contributed by atoms with Gasteiger partial charge in [-0.25, -0.2) is 0 Å². The normalized spacial score (nSPS) is 10.1. The number of carbonyl (C=O) groups is 1. The highest BCUT2D eigenvalue weighted by atomic mass is 16.1. The number of aryl methyl sites for hydroxylation is 1. The minimum atomic E-state index is -0.237. The molecule has 6 heteroatoms. The van der Waals surface area contributed by atoms with Crippen LogP contribution in [0, 0.1) is 0 Å². The van der Waals surface area contributed by atoms with E-state index in [0.717, 1.165) is 17.7 Å². The first kappa shape index (κ1) is 14.0. The van der Waals surface area contributed by atoms with Gasteiger partial charge in [-0.15, -0.1) is 0 Å². The van der Waals surface area contributed by atoms with Crippen LogP contribution in [0.3, 0.4) is 0 Å². The third-order valence-corrected chi connectivity index (χ3v) is 3.00. The van der Waals surface area contributed by atoms with E-state index in [4.69, 9.17) is 5.84 Å². The fraction of sp³-hybridized carbons (Fsp3) is 0.214. The molecule has 0 saturated carbocycles. The van der Waals surface area contributed by atoms with E-state index in [1.807, 2.05) is 12.1 Å². The van der Waals surface area contributed by atoms with E-state index in [0.29, 0.717) is 17.8 Å². The number of hydrazine groups is 1. The lowest BCUT2D eigenvalue weighted by Gasteiger charge is -2.10. The van der Waals surface area contributed by atoms with Crippen molar-refractivity contribution in [1.29, 1.82) is 0 Å². The van der Waals surface area contributed by atoms with Crippen LogP contribution in [0.25, 0.3) is 0 Å². The molecule has 2 rings (SSSR count). The number of aromatic nitrogens is 2. The van der Waals surface area contributed by atoms with E-state index in [1.54, 1.807) is 18.5 Å². The number of anilines is 1. The fourth-order valence-electron chi connectivity index (χ4n) is 1.91. The second-order valence-corrected chi connectivity index (χ2v) is 4.21. The summed E-state index contributed by atoms with van der Waals surface area (Å²) in [7, 11) is 0. The molecule has 0 saturated heterocycles. The molecule has 0 fully saturated rings. The van der Waals surface area contributed by atoms with Crippen molar-refractivity contribution in [2.45, 2.75) is 19.9 Å². The zero-order valence-electron chi connectivity index (χ0n) is 11.3. The second kappa shape index (κ2) is 6.63. The van der Waals surface area contributed by atoms with Crippen LogP contribution in [0.5, 0.6) is 0 Å². The smallest absolute Gasteiger partial charge is 0.255 e. The SMILES string of the molecule is CCc1cccnc1CNC(=O)c1cnccc1NN. The number of nitrogen functional groups attached to an aromatic ring is 1. The van der Waals surface area contributed by atoms with Gasteiger partial charge in [0.15, 0.2) is 0 Å². The molecule has 0 aromatic carbocycles. The summed E-state index contributed by atoms with van der Waals surface area (Å²) in [5.74, 6) is 5.13. The maximum atomic E-state index is 12.1. The molecule has 0 aliphatic heterocycles. The summed E-state index contributed by atoms with van der Waals surface area (Å²) in [5, 5.41) is 2.83. The summed E-state index contributed by atoms with van der Waals surface area (Å²) in [4.78, 5) is 20.3. The third kappa shape index (κ3) is 3.10. The molecule has 2 aromatic heterocycles. The first-order valence-electron chi connectivity index (χ1n) is 6.37.